The molecule has 0 N–H and O–H groups in total. The number of aryl methyl sites for hydroxylation is 1. The highest BCUT2D eigenvalue weighted by molar-refractivity contribution is 5.51. The van der Waals surface area contributed by atoms with Crippen LogP contribution in [0.3, 0.4) is 0 Å². The van der Waals surface area contributed by atoms with Crippen molar-refractivity contribution in [1.29, 1.82) is 0 Å². The molecule has 0 saturated carbocycles. The van der Waals surface area contributed by atoms with Crippen LogP contribution in [0.25, 0.3) is 11.5 Å². The van der Waals surface area contributed by atoms with Gasteiger partial charge >= 0.3 is 0 Å². The van der Waals surface area contributed by atoms with Gasteiger partial charge in [0.2, 0.25) is 0 Å². The Bertz CT molecular complexity index is 443. The van der Waals surface area contributed by atoms with E-state index in [1.165, 1.54) is 5.56 Å². The molecule has 0 amide bonds. The van der Waals surface area contributed by atoms with Crippen LogP contribution in [0.2, 0.25) is 0 Å². The molecule has 0 spiro atoms. The Balaban J connectivity index is 2.31. The predicted octanol–water partition coefficient (Wildman–Crippen LogP) is 3.17. The smallest absolute Gasteiger partial charge is 0.185 e. The minimum atomic E-state index is 0.503. The fourth-order valence-electron chi connectivity index (χ4n) is 1.38. The van der Waals surface area contributed by atoms with Crippen molar-refractivity contribution >= 4 is 0 Å². The van der Waals surface area contributed by atoms with E-state index in [2.05, 4.69) is 30.1 Å². The van der Waals surface area contributed by atoms with Crippen molar-refractivity contribution in [3.8, 4) is 11.5 Å². The lowest BCUT2D eigenvalue weighted by atomic mass is 10.1. The monoisotopic (exact) mass is 202 g/mol. The van der Waals surface area contributed by atoms with E-state index in [0.717, 1.165) is 17.1 Å². The summed E-state index contributed by atoms with van der Waals surface area (Å²) < 4.78 is 5.14. The summed E-state index contributed by atoms with van der Waals surface area (Å²) in [7, 11) is 0. The molecule has 78 valence electrons. The van der Waals surface area contributed by atoms with Gasteiger partial charge in [0, 0.05) is 12.3 Å². The second kappa shape index (κ2) is 3.85. The third-order valence-electron chi connectivity index (χ3n) is 2.33. The Morgan fingerprint density at radius 1 is 1.27 bits per heavy atom. The molecule has 2 heterocycles. The minimum absolute atomic E-state index is 0.503. The fraction of sp³-hybridized carbons (Fsp3) is 0.333. The van der Waals surface area contributed by atoms with Gasteiger partial charge in [0.1, 0.15) is 5.69 Å². The van der Waals surface area contributed by atoms with Crippen molar-refractivity contribution < 1.29 is 4.52 Å². The minimum Gasteiger partial charge on any atom is -0.354 e. The molecule has 0 aromatic carbocycles. The summed E-state index contributed by atoms with van der Waals surface area (Å²) in [5, 5.41) is 3.84. The van der Waals surface area contributed by atoms with Crippen molar-refractivity contribution in [2.75, 3.05) is 0 Å². The number of hydrogen-bond acceptors (Lipinski definition) is 3. The van der Waals surface area contributed by atoms with Crippen molar-refractivity contribution in [1.82, 2.24) is 10.1 Å². The number of hydrogen-bond donors (Lipinski definition) is 0. The van der Waals surface area contributed by atoms with E-state index < -0.39 is 0 Å². The van der Waals surface area contributed by atoms with Crippen LogP contribution in [0.4, 0.5) is 0 Å². The Hall–Kier alpha value is -1.64. The highest BCUT2D eigenvalue weighted by atomic mass is 16.5. The average Bonchev–Trinajstić information content (AvgIpc) is 2.65. The lowest BCUT2D eigenvalue weighted by Gasteiger charge is -2.03. The Labute approximate surface area is 89.1 Å². The predicted molar refractivity (Wildman–Crippen MR) is 58.6 cm³/mol. The molecule has 0 aliphatic carbocycles. The summed E-state index contributed by atoms with van der Waals surface area (Å²) in [4.78, 5) is 4.35. The summed E-state index contributed by atoms with van der Waals surface area (Å²) in [5.74, 6) is 1.23. The second-order valence-electron chi connectivity index (χ2n) is 3.96. The van der Waals surface area contributed by atoms with Gasteiger partial charge in [-0.1, -0.05) is 25.1 Å². The lowest BCUT2D eigenvalue weighted by Crippen LogP contribution is -1.89. The maximum Gasteiger partial charge on any atom is 0.185 e. The highest BCUT2D eigenvalue weighted by Crippen LogP contribution is 2.20. The number of rotatable bonds is 2. The largest absolute Gasteiger partial charge is 0.354 e. The molecule has 3 heteroatoms. The highest BCUT2D eigenvalue weighted by Gasteiger charge is 2.06. The van der Waals surface area contributed by atoms with Crippen LogP contribution >= 0.6 is 0 Å². The van der Waals surface area contributed by atoms with E-state index in [9.17, 15) is 0 Å². The number of nitrogens with zero attached hydrogens (tertiary/aromatic N) is 2. The van der Waals surface area contributed by atoms with Gasteiger partial charge in [-0.25, -0.2) is 0 Å². The normalized spacial score (nSPS) is 10.9. The SMILES string of the molecule is Cc1cc(-c2ccc(C(C)C)cn2)on1. The molecule has 0 radical (unpaired) electrons. The van der Waals surface area contributed by atoms with Crippen molar-refractivity contribution in [3.05, 3.63) is 35.7 Å². The summed E-state index contributed by atoms with van der Waals surface area (Å²) in [6.07, 6.45) is 1.89. The van der Waals surface area contributed by atoms with Crippen LogP contribution in [-0.4, -0.2) is 10.1 Å². The van der Waals surface area contributed by atoms with Gasteiger partial charge in [-0.2, -0.15) is 0 Å². The molecule has 15 heavy (non-hydrogen) atoms. The zero-order valence-corrected chi connectivity index (χ0v) is 9.19. The maximum absolute atomic E-state index is 5.14. The Morgan fingerprint density at radius 2 is 2.07 bits per heavy atom. The van der Waals surface area contributed by atoms with Gasteiger partial charge in [0.05, 0.1) is 5.69 Å². The summed E-state index contributed by atoms with van der Waals surface area (Å²) in [5.41, 5.74) is 2.94. The molecular weight excluding hydrogens is 188 g/mol. The first-order chi connectivity index (χ1) is 7.16. The molecule has 3 nitrogen and oxygen atoms in total. The van der Waals surface area contributed by atoms with Crippen molar-refractivity contribution in [3.63, 3.8) is 0 Å². The van der Waals surface area contributed by atoms with E-state index in [1.54, 1.807) is 0 Å². The van der Waals surface area contributed by atoms with Crippen LogP contribution in [0, 0.1) is 6.92 Å². The zero-order chi connectivity index (χ0) is 10.8. The maximum atomic E-state index is 5.14. The van der Waals surface area contributed by atoms with Gasteiger partial charge in [-0.3, -0.25) is 4.98 Å². The first-order valence-electron chi connectivity index (χ1n) is 5.06. The van der Waals surface area contributed by atoms with Crippen LogP contribution in [0.1, 0.15) is 31.0 Å². The van der Waals surface area contributed by atoms with Gasteiger partial charge in [-0.05, 0) is 24.5 Å². The molecule has 0 aliphatic rings. The van der Waals surface area contributed by atoms with E-state index in [1.807, 2.05) is 25.3 Å². The van der Waals surface area contributed by atoms with E-state index >= 15 is 0 Å². The molecule has 2 aromatic rings. The lowest BCUT2D eigenvalue weighted by molar-refractivity contribution is 0.426. The van der Waals surface area contributed by atoms with Crippen LogP contribution < -0.4 is 0 Å². The standard InChI is InChI=1S/C12H14N2O/c1-8(2)10-4-5-11(13-7-10)12-6-9(3)14-15-12/h4-8H,1-3H3. The molecule has 0 bridgehead atoms. The number of aromatic nitrogens is 2. The van der Waals surface area contributed by atoms with Gasteiger partial charge in [-0.15, -0.1) is 0 Å². The quantitative estimate of drug-likeness (QED) is 0.750. The molecule has 0 fully saturated rings. The van der Waals surface area contributed by atoms with E-state index in [0.29, 0.717) is 5.92 Å². The van der Waals surface area contributed by atoms with Crippen molar-refractivity contribution in [2.45, 2.75) is 26.7 Å². The summed E-state index contributed by atoms with van der Waals surface area (Å²) >= 11 is 0. The first kappa shape index (κ1) is 9.90. The third kappa shape index (κ3) is 2.06. The molecule has 2 rings (SSSR count). The summed E-state index contributed by atoms with van der Waals surface area (Å²) in [6.45, 7) is 6.19. The topological polar surface area (TPSA) is 38.9 Å². The van der Waals surface area contributed by atoms with Crippen molar-refractivity contribution in [2.24, 2.45) is 0 Å². The van der Waals surface area contributed by atoms with Gasteiger partial charge < -0.3 is 4.52 Å². The first-order valence-corrected chi connectivity index (χ1v) is 5.06. The fourth-order valence-corrected chi connectivity index (χ4v) is 1.38. The van der Waals surface area contributed by atoms with Crippen LogP contribution in [0.5, 0.6) is 0 Å². The van der Waals surface area contributed by atoms with E-state index in [-0.39, 0.29) is 0 Å². The van der Waals surface area contributed by atoms with Gasteiger partial charge in [0.25, 0.3) is 0 Å². The Kier molecular flexibility index (Phi) is 2.54. The molecular formula is C12H14N2O. The average molecular weight is 202 g/mol. The van der Waals surface area contributed by atoms with Crippen LogP contribution in [0.15, 0.2) is 28.9 Å². The zero-order valence-electron chi connectivity index (χ0n) is 9.19. The van der Waals surface area contributed by atoms with Gasteiger partial charge in [0.15, 0.2) is 5.76 Å². The number of pyridine rings is 1. The Morgan fingerprint density at radius 3 is 2.53 bits per heavy atom. The molecule has 0 saturated heterocycles. The van der Waals surface area contributed by atoms with Crippen LogP contribution in [-0.2, 0) is 0 Å². The summed E-state index contributed by atoms with van der Waals surface area (Å²) in [6, 6.07) is 5.93. The third-order valence-corrected chi connectivity index (χ3v) is 2.33. The molecule has 2 aromatic heterocycles. The molecule has 0 atom stereocenters. The van der Waals surface area contributed by atoms with E-state index in [4.69, 9.17) is 4.52 Å². The molecule has 0 aliphatic heterocycles. The molecule has 0 unspecified atom stereocenters. The second-order valence-corrected chi connectivity index (χ2v) is 3.96.